The van der Waals surface area contributed by atoms with Gasteiger partial charge in [-0.25, -0.2) is 4.98 Å². The molecule has 0 amide bonds. The Kier molecular flexibility index (Phi) is 3.73. The molecule has 0 saturated heterocycles. The molecule has 0 saturated carbocycles. The van der Waals surface area contributed by atoms with Crippen molar-refractivity contribution in [3.05, 3.63) is 53.7 Å². The smallest absolute Gasteiger partial charge is 0.219 e. The van der Waals surface area contributed by atoms with Gasteiger partial charge in [-0.2, -0.15) is 0 Å². The number of aromatic nitrogens is 1. The van der Waals surface area contributed by atoms with Gasteiger partial charge in [0.15, 0.2) is 0 Å². The van der Waals surface area contributed by atoms with E-state index in [-0.39, 0.29) is 0 Å². The highest BCUT2D eigenvalue weighted by Gasteiger charge is 2.04. The van der Waals surface area contributed by atoms with Crippen LogP contribution in [0.1, 0.15) is 11.3 Å². The Morgan fingerprint density at radius 2 is 1.94 bits per heavy atom. The maximum absolute atomic E-state index is 5.79. The monoisotopic (exact) mass is 228 g/mol. The fraction of sp³-hybridized carbons (Fsp3) is 0.214. The van der Waals surface area contributed by atoms with Crippen molar-refractivity contribution >= 4 is 0 Å². The molecular formula is C14H16N2O. The molecule has 88 valence electrons. The number of rotatable bonds is 4. The number of nitrogens with zero attached hydrogens (tertiary/aromatic N) is 1. The van der Waals surface area contributed by atoms with Gasteiger partial charge in [0.05, 0.1) is 0 Å². The number of para-hydroxylation sites is 1. The lowest BCUT2D eigenvalue weighted by Gasteiger charge is -2.10. The lowest BCUT2D eigenvalue weighted by Crippen LogP contribution is -2.06. The number of hydrogen-bond donors (Lipinski definition) is 1. The van der Waals surface area contributed by atoms with Crippen LogP contribution < -0.4 is 10.1 Å². The molecular weight excluding hydrogens is 212 g/mol. The lowest BCUT2D eigenvalue weighted by atomic mass is 10.2. The maximum Gasteiger partial charge on any atom is 0.219 e. The van der Waals surface area contributed by atoms with Crippen molar-refractivity contribution in [1.82, 2.24) is 10.3 Å². The Labute approximate surface area is 101 Å². The number of hydrogen-bond acceptors (Lipinski definition) is 3. The van der Waals surface area contributed by atoms with Gasteiger partial charge in [-0.1, -0.05) is 24.3 Å². The van der Waals surface area contributed by atoms with Crippen molar-refractivity contribution in [3.8, 4) is 11.6 Å². The van der Waals surface area contributed by atoms with Gasteiger partial charge >= 0.3 is 0 Å². The number of pyridine rings is 1. The van der Waals surface area contributed by atoms with Gasteiger partial charge in [0, 0.05) is 23.9 Å². The van der Waals surface area contributed by atoms with Crippen LogP contribution in [0, 0.1) is 6.92 Å². The molecule has 0 unspecified atom stereocenters. The summed E-state index contributed by atoms with van der Waals surface area (Å²) in [5.74, 6) is 1.48. The molecule has 3 heteroatoms. The van der Waals surface area contributed by atoms with E-state index in [2.05, 4.69) is 10.3 Å². The summed E-state index contributed by atoms with van der Waals surface area (Å²) in [6.45, 7) is 2.73. The largest absolute Gasteiger partial charge is 0.439 e. The normalized spacial score (nSPS) is 10.2. The third kappa shape index (κ3) is 3.04. The molecule has 0 bridgehead atoms. The van der Waals surface area contributed by atoms with Gasteiger partial charge in [0.2, 0.25) is 5.88 Å². The van der Waals surface area contributed by atoms with E-state index in [0.717, 1.165) is 23.6 Å². The standard InChI is InChI=1S/C14H16N2O/c1-11-6-5-9-14(16-11)17-13-8-4-3-7-12(13)10-15-2/h3-9,15H,10H2,1-2H3. The van der Waals surface area contributed by atoms with Gasteiger partial charge < -0.3 is 10.1 Å². The van der Waals surface area contributed by atoms with E-state index in [1.54, 1.807) is 0 Å². The Morgan fingerprint density at radius 1 is 1.12 bits per heavy atom. The van der Waals surface area contributed by atoms with E-state index in [9.17, 15) is 0 Å². The van der Waals surface area contributed by atoms with Gasteiger partial charge in [-0.3, -0.25) is 0 Å². The molecule has 0 aliphatic heterocycles. The Balaban J connectivity index is 2.23. The molecule has 1 heterocycles. The van der Waals surface area contributed by atoms with Crippen LogP contribution >= 0.6 is 0 Å². The van der Waals surface area contributed by atoms with E-state index in [0.29, 0.717) is 5.88 Å². The van der Waals surface area contributed by atoms with Crippen molar-refractivity contribution in [3.63, 3.8) is 0 Å². The summed E-state index contributed by atoms with van der Waals surface area (Å²) < 4.78 is 5.79. The van der Waals surface area contributed by atoms with Crippen LogP contribution in [0.3, 0.4) is 0 Å². The van der Waals surface area contributed by atoms with E-state index in [1.165, 1.54) is 0 Å². The minimum atomic E-state index is 0.633. The molecule has 1 N–H and O–H groups in total. The summed E-state index contributed by atoms with van der Waals surface area (Å²) >= 11 is 0. The molecule has 0 fully saturated rings. The minimum Gasteiger partial charge on any atom is -0.439 e. The fourth-order valence-electron chi connectivity index (χ4n) is 1.63. The quantitative estimate of drug-likeness (QED) is 0.873. The van der Waals surface area contributed by atoms with E-state index >= 15 is 0 Å². The Morgan fingerprint density at radius 3 is 2.71 bits per heavy atom. The van der Waals surface area contributed by atoms with Crippen LogP contribution in [0.4, 0.5) is 0 Å². The first-order valence-corrected chi connectivity index (χ1v) is 5.63. The maximum atomic E-state index is 5.79. The van der Waals surface area contributed by atoms with Crippen molar-refractivity contribution in [2.45, 2.75) is 13.5 Å². The summed E-state index contributed by atoms with van der Waals surface area (Å²) in [6.07, 6.45) is 0. The van der Waals surface area contributed by atoms with E-state index in [4.69, 9.17) is 4.74 Å². The van der Waals surface area contributed by atoms with E-state index < -0.39 is 0 Å². The molecule has 0 spiro atoms. The second-order valence-corrected chi connectivity index (χ2v) is 3.86. The van der Waals surface area contributed by atoms with Crippen LogP contribution in [0.2, 0.25) is 0 Å². The average molecular weight is 228 g/mol. The second-order valence-electron chi connectivity index (χ2n) is 3.86. The molecule has 17 heavy (non-hydrogen) atoms. The predicted octanol–water partition coefficient (Wildman–Crippen LogP) is 2.90. The Bertz CT molecular complexity index is 497. The summed E-state index contributed by atoms with van der Waals surface area (Å²) in [4.78, 5) is 4.33. The summed E-state index contributed by atoms with van der Waals surface area (Å²) in [5.41, 5.74) is 2.08. The number of nitrogens with one attached hydrogen (secondary N) is 1. The zero-order valence-corrected chi connectivity index (χ0v) is 10.1. The van der Waals surface area contributed by atoms with Gasteiger partial charge in [0.25, 0.3) is 0 Å². The Hall–Kier alpha value is -1.87. The number of aryl methyl sites for hydroxylation is 1. The number of benzene rings is 1. The molecule has 3 nitrogen and oxygen atoms in total. The molecule has 0 atom stereocenters. The van der Waals surface area contributed by atoms with E-state index in [1.807, 2.05) is 56.4 Å². The van der Waals surface area contributed by atoms with Crippen LogP contribution in [0.25, 0.3) is 0 Å². The first-order chi connectivity index (χ1) is 8.29. The van der Waals surface area contributed by atoms with Crippen molar-refractivity contribution in [2.75, 3.05) is 7.05 Å². The first kappa shape index (κ1) is 11.6. The van der Waals surface area contributed by atoms with Gasteiger partial charge in [0.1, 0.15) is 5.75 Å². The first-order valence-electron chi connectivity index (χ1n) is 5.63. The summed E-state index contributed by atoms with van der Waals surface area (Å²) in [6, 6.07) is 13.7. The van der Waals surface area contributed by atoms with Crippen LogP contribution in [0.5, 0.6) is 11.6 Å². The highest BCUT2D eigenvalue weighted by molar-refractivity contribution is 5.36. The molecule has 0 aliphatic rings. The highest BCUT2D eigenvalue weighted by Crippen LogP contribution is 2.23. The zero-order chi connectivity index (χ0) is 12.1. The summed E-state index contributed by atoms with van der Waals surface area (Å²) in [7, 11) is 1.92. The number of ether oxygens (including phenoxy) is 1. The van der Waals surface area contributed by atoms with Gasteiger partial charge in [-0.05, 0) is 26.1 Å². The predicted molar refractivity (Wildman–Crippen MR) is 68.3 cm³/mol. The molecule has 0 aliphatic carbocycles. The molecule has 2 rings (SSSR count). The lowest BCUT2D eigenvalue weighted by molar-refractivity contribution is 0.454. The average Bonchev–Trinajstić information content (AvgIpc) is 2.32. The minimum absolute atomic E-state index is 0.633. The zero-order valence-electron chi connectivity index (χ0n) is 10.1. The SMILES string of the molecule is CNCc1ccccc1Oc1cccc(C)n1. The van der Waals surface area contributed by atoms with Crippen LogP contribution in [0.15, 0.2) is 42.5 Å². The van der Waals surface area contributed by atoms with Crippen LogP contribution in [-0.2, 0) is 6.54 Å². The van der Waals surface area contributed by atoms with Crippen molar-refractivity contribution < 1.29 is 4.74 Å². The third-order valence-electron chi connectivity index (χ3n) is 2.42. The van der Waals surface area contributed by atoms with Crippen molar-refractivity contribution in [1.29, 1.82) is 0 Å². The van der Waals surface area contributed by atoms with Crippen molar-refractivity contribution in [2.24, 2.45) is 0 Å². The third-order valence-corrected chi connectivity index (χ3v) is 2.42. The molecule has 2 aromatic rings. The van der Waals surface area contributed by atoms with Crippen LogP contribution in [-0.4, -0.2) is 12.0 Å². The molecule has 1 aromatic carbocycles. The topological polar surface area (TPSA) is 34.1 Å². The molecule has 0 radical (unpaired) electrons. The second kappa shape index (κ2) is 5.46. The molecule has 1 aromatic heterocycles. The van der Waals surface area contributed by atoms with Gasteiger partial charge in [-0.15, -0.1) is 0 Å². The summed E-state index contributed by atoms with van der Waals surface area (Å²) in [5, 5.41) is 3.12. The fourth-order valence-corrected chi connectivity index (χ4v) is 1.63. The highest BCUT2D eigenvalue weighted by atomic mass is 16.5.